The van der Waals surface area contributed by atoms with Gasteiger partial charge >= 0.3 is 5.91 Å². The zero-order valence-electron chi connectivity index (χ0n) is 15.9. The van der Waals surface area contributed by atoms with Crippen LogP contribution in [0.1, 0.15) is 35.0 Å². The number of nitrogens with one attached hydrogen (secondary N) is 1. The Morgan fingerprint density at radius 2 is 2.11 bits per heavy atom. The fourth-order valence-corrected chi connectivity index (χ4v) is 3.04. The summed E-state index contributed by atoms with van der Waals surface area (Å²) in [6.45, 7) is 4.38. The summed E-state index contributed by atoms with van der Waals surface area (Å²) in [4.78, 5) is 12.4. The number of halogens is 1. The van der Waals surface area contributed by atoms with E-state index in [2.05, 4.69) is 10.5 Å². The van der Waals surface area contributed by atoms with E-state index in [1.165, 1.54) is 13.3 Å². The summed E-state index contributed by atoms with van der Waals surface area (Å²) in [6, 6.07) is 10.9. The van der Waals surface area contributed by atoms with Crippen LogP contribution in [-0.2, 0) is 0 Å². The second-order valence-corrected chi connectivity index (χ2v) is 6.54. The molecule has 0 saturated carbocycles. The van der Waals surface area contributed by atoms with Crippen molar-refractivity contribution in [3.63, 3.8) is 0 Å². The number of nitrogens with zero attached hydrogens (tertiary/aromatic N) is 1. The third kappa shape index (κ3) is 4.12. The summed E-state index contributed by atoms with van der Waals surface area (Å²) in [5.41, 5.74) is 4.57. The first kappa shape index (κ1) is 19.8. The first-order valence-corrected chi connectivity index (χ1v) is 9.24. The number of furan rings is 1. The van der Waals surface area contributed by atoms with Gasteiger partial charge in [0.15, 0.2) is 17.3 Å². The quantitative estimate of drug-likeness (QED) is 0.449. The van der Waals surface area contributed by atoms with Gasteiger partial charge in [0.05, 0.1) is 25.0 Å². The van der Waals surface area contributed by atoms with Crippen molar-refractivity contribution in [3.05, 3.63) is 58.3 Å². The molecule has 2 aromatic carbocycles. The van der Waals surface area contributed by atoms with Crippen molar-refractivity contribution >= 4 is 34.7 Å². The first-order chi connectivity index (χ1) is 13.5. The highest BCUT2D eigenvalue weighted by molar-refractivity contribution is 6.32. The SMILES string of the molecule is CCCOc1c(Cl)cc(/C=N\NC(=O)c2oc3ccccc3c2C)cc1OC. The molecule has 28 heavy (non-hydrogen) atoms. The maximum absolute atomic E-state index is 12.4. The Labute approximate surface area is 168 Å². The molecule has 0 saturated heterocycles. The topological polar surface area (TPSA) is 73.1 Å². The minimum Gasteiger partial charge on any atom is -0.493 e. The van der Waals surface area contributed by atoms with Gasteiger partial charge in [-0.25, -0.2) is 5.43 Å². The Hall–Kier alpha value is -2.99. The lowest BCUT2D eigenvalue weighted by atomic mass is 10.1. The molecular formula is C21H21ClN2O4. The van der Waals surface area contributed by atoms with E-state index in [-0.39, 0.29) is 5.76 Å². The predicted molar refractivity (Wildman–Crippen MR) is 110 cm³/mol. The van der Waals surface area contributed by atoms with Gasteiger partial charge in [0.2, 0.25) is 0 Å². The van der Waals surface area contributed by atoms with Crippen molar-refractivity contribution in [2.75, 3.05) is 13.7 Å². The summed E-state index contributed by atoms with van der Waals surface area (Å²) in [5, 5.41) is 5.31. The molecule has 0 aliphatic rings. The molecule has 0 aliphatic carbocycles. The van der Waals surface area contributed by atoms with Gasteiger partial charge in [-0.1, -0.05) is 36.7 Å². The summed E-state index contributed by atoms with van der Waals surface area (Å²) < 4.78 is 16.6. The van der Waals surface area contributed by atoms with Crippen LogP contribution in [0.5, 0.6) is 11.5 Å². The van der Waals surface area contributed by atoms with Gasteiger partial charge in [-0.05, 0) is 37.1 Å². The Morgan fingerprint density at radius 1 is 1.32 bits per heavy atom. The van der Waals surface area contributed by atoms with Gasteiger partial charge in [-0.15, -0.1) is 0 Å². The summed E-state index contributed by atoms with van der Waals surface area (Å²) in [6.07, 6.45) is 2.34. The Morgan fingerprint density at radius 3 is 2.82 bits per heavy atom. The van der Waals surface area contributed by atoms with Crippen LogP contribution in [0.25, 0.3) is 11.0 Å². The van der Waals surface area contributed by atoms with E-state index < -0.39 is 5.91 Å². The van der Waals surface area contributed by atoms with E-state index >= 15 is 0 Å². The third-order valence-corrected chi connectivity index (χ3v) is 4.41. The number of fused-ring (bicyclic) bond motifs is 1. The van der Waals surface area contributed by atoms with Crippen LogP contribution in [0.4, 0.5) is 0 Å². The van der Waals surface area contributed by atoms with Gasteiger partial charge < -0.3 is 13.9 Å². The number of para-hydroxylation sites is 1. The largest absolute Gasteiger partial charge is 0.493 e. The molecule has 0 fully saturated rings. The number of hydrazone groups is 1. The molecule has 146 valence electrons. The molecular weight excluding hydrogens is 380 g/mol. The number of aryl methyl sites for hydroxylation is 1. The zero-order chi connectivity index (χ0) is 20.1. The van der Waals surface area contributed by atoms with Crippen molar-refractivity contribution < 1.29 is 18.7 Å². The number of hydrogen-bond donors (Lipinski definition) is 1. The standard InChI is InChI=1S/C21H21ClN2O4/c1-4-9-27-20-16(22)10-14(11-18(20)26-3)12-23-24-21(25)19-13(2)15-7-5-6-8-17(15)28-19/h5-8,10-12H,4,9H2,1-3H3,(H,24,25)/b23-12-. The van der Waals surface area contributed by atoms with Crippen molar-refractivity contribution in [2.45, 2.75) is 20.3 Å². The maximum atomic E-state index is 12.4. The number of methoxy groups -OCH3 is 1. The van der Waals surface area contributed by atoms with Gasteiger partial charge in [0, 0.05) is 10.9 Å². The van der Waals surface area contributed by atoms with Crippen molar-refractivity contribution in [3.8, 4) is 11.5 Å². The van der Waals surface area contributed by atoms with Crippen LogP contribution in [0.15, 0.2) is 45.9 Å². The zero-order valence-corrected chi connectivity index (χ0v) is 16.7. The Bertz CT molecular complexity index is 1030. The molecule has 1 N–H and O–H groups in total. The lowest BCUT2D eigenvalue weighted by Gasteiger charge is -2.12. The highest BCUT2D eigenvalue weighted by Crippen LogP contribution is 2.36. The molecule has 3 aromatic rings. The van der Waals surface area contributed by atoms with Gasteiger partial charge in [-0.3, -0.25) is 4.79 Å². The Balaban J connectivity index is 1.75. The number of ether oxygens (including phenoxy) is 2. The number of carbonyl (C=O) groups excluding carboxylic acids is 1. The number of rotatable bonds is 7. The number of carbonyl (C=O) groups is 1. The fraction of sp³-hybridized carbons (Fsp3) is 0.238. The van der Waals surface area contributed by atoms with E-state index in [0.29, 0.717) is 34.3 Å². The van der Waals surface area contributed by atoms with Crippen LogP contribution < -0.4 is 14.9 Å². The van der Waals surface area contributed by atoms with Crippen molar-refractivity contribution in [1.82, 2.24) is 5.43 Å². The molecule has 0 unspecified atom stereocenters. The van der Waals surface area contributed by atoms with Gasteiger partial charge in [0.25, 0.3) is 0 Å². The molecule has 6 nitrogen and oxygen atoms in total. The molecule has 3 rings (SSSR count). The van der Waals surface area contributed by atoms with Crippen LogP contribution >= 0.6 is 11.6 Å². The lowest BCUT2D eigenvalue weighted by molar-refractivity contribution is 0.0929. The van der Waals surface area contributed by atoms with E-state index in [0.717, 1.165) is 17.4 Å². The molecule has 0 radical (unpaired) electrons. The van der Waals surface area contributed by atoms with Gasteiger partial charge in [0.1, 0.15) is 5.58 Å². The second-order valence-electron chi connectivity index (χ2n) is 6.13. The molecule has 0 atom stereocenters. The van der Waals surface area contributed by atoms with E-state index in [1.807, 2.05) is 38.1 Å². The van der Waals surface area contributed by atoms with E-state index in [4.69, 9.17) is 25.5 Å². The van der Waals surface area contributed by atoms with Crippen molar-refractivity contribution in [1.29, 1.82) is 0 Å². The number of amides is 1. The molecule has 1 heterocycles. The molecule has 0 aliphatic heterocycles. The normalized spacial score (nSPS) is 11.1. The minimum atomic E-state index is -0.425. The van der Waals surface area contributed by atoms with Crippen molar-refractivity contribution in [2.24, 2.45) is 5.10 Å². The highest BCUT2D eigenvalue weighted by Gasteiger charge is 2.17. The van der Waals surface area contributed by atoms with E-state index in [1.54, 1.807) is 12.1 Å². The second kappa shape index (κ2) is 8.80. The average Bonchev–Trinajstić information content (AvgIpc) is 3.04. The fourth-order valence-electron chi connectivity index (χ4n) is 2.77. The molecule has 1 aromatic heterocycles. The highest BCUT2D eigenvalue weighted by atomic mass is 35.5. The number of hydrogen-bond acceptors (Lipinski definition) is 5. The monoisotopic (exact) mass is 400 g/mol. The molecule has 7 heteroatoms. The predicted octanol–water partition coefficient (Wildman–Crippen LogP) is 4.96. The summed E-state index contributed by atoms with van der Waals surface area (Å²) in [5.74, 6) is 0.801. The summed E-state index contributed by atoms with van der Waals surface area (Å²) in [7, 11) is 1.54. The van der Waals surface area contributed by atoms with Crippen LogP contribution in [0, 0.1) is 6.92 Å². The maximum Gasteiger partial charge on any atom is 0.307 e. The lowest BCUT2D eigenvalue weighted by Crippen LogP contribution is -2.17. The van der Waals surface area contributed by atoms with Crippen LogP contribution in [0.3, 0.4) is 0 Å². The first-order valence-electron chi connectivity index (χ1n) is 8.87. The Kier molecular flexibility index (Phi) is 6.21. The van der Waals surface area contributed by atoms with Crippen LogP contribution in [-0.4, -0.2) is 25.8 Å². The minimum absolute atomic E-state index is 0.234. The smallest absolute Gasteiger partial charge is 0.307 e. The molecule has 1 amide bonds. The third-order valence-electron chi connectivity index (χ3n) is 4.13. The summed E-state index contributed by atoms with van der Waals surface area (Å²) >= 11 is 6.28. The van der Waals surface area contributed by atoms with Gasteiger partial charge in [-0.2, -0.15) is 5.10 Å². The molecule has 0 spiro atoms. The molecule has 0 bridgehead atoms. The number of benzene rings is 2. The van der Waals surface area contributed by atoms with Crippen LogP contribution in [0.2, 0.25) is 5.02 Å². The average molecular weight is 401 g/mol. The van der Waals surface area contributed by atoms with E-state index in [9.17, 15) is 4.79 Å².